The predicted molar refractivity (Wildman–Crippen MR) is 101 cm³/mol. The number of fused-ring (bicyclic) bond motifs is 1. The molecule has 0 bridgehead atoms. The molecule has 1 saturated heterocycles. The molecule has 23 heavy (non-hydrogen) atoms. The van der Waals surface area contributed by atoms with Gasteiger partial charge in [-0.1, -0.05) is 12.2 Å². The van der Waals surface area contributed by atoms with E-state index >= 15 is 0 Å². The van der Waals surface area contributed by atoms with E-state index in [-0.39, 0.29) is 12.1 Å². The number of aliphatic imine (C=N–C) groups is 1. The zero-order chi connectivity index (χ0) is 16.6. The summed E-state index contributed by atoms with van der Waals surface area (Å²) in [6.07, 6.45) is 3.93. The zero-order valence-corrected chi connectivity index (χ0v) is 15.1. The van der Waals surface area contributed by atoms with Crippen LogP contribution in [0.3, 0.4) is 0 Å². The fourth-order valence-electron chi connectivity index (χ4n) is 3.34. The third-order valence-electron chi connectivity index (χ3n) is 4.75. The number of likely N-dealkylation sites (N-methyl/N-ethyl adjacent to an activating group) is 2. The monoisotopic (exact) mass is 330 g/mol. The summed E-state index contributed by atoms with van der Waals surface area (Å²) >= 11 is 1.84. The molecule has 3 heterocycles. The lowest BCUT2D eigenvalue weighted by Gasteiger charge is -2.34. The first-order valence-electron chi connectivity index (χ1n) is 8.15. The fourth-order valence-corrected chi connectivity index (χ4v) is 4.34. The first kappa shape index (κ1) is 16.3. The first-order valence-corrected chi connectivity index (χ1v) is 8.97. The molecule has 0 saturated carbocycles. The predicted octanol–water partition coefficient (Wildman–Crippen LogP) is 2.61. The topological polar surface area (TPSA) is 22.1 Å². The molecule has 124 valence electrons. The summed E-state index contributed by atoms with van der Waals surface area (Å²) in [4.78, 5) is 13.5. The highest BCUT2D eigenvalue weighted by Gasteiger charge is 2.32. The second-order valence-electron chi connectivity index (χ2n) is 6.38. The summed E-state index contributed by atoms with van der Waals surface area (Å²) in [6.45, 7) is 14.4. The summed E-state index contributed by atoms with van der Waals surface area (Å²) < 4.78 is 0. The average molecular weight is 331 g/mol. The van der Waals surface area contributed by atoms with Gasteiger partial charge in [0, 0.05) is 38.1 Å². The van der Waals surface area contributed by atoms with Crippen LogP contribution in [0, 0.1) is 6.92 Å². The van der Waals surface area contributed by atoms with Crippen molar-refractivity contribution in [2.45, 2.75) is 19.0 Å². The Labute approximate surface area is 143 Å². The molecular formula is C18H26N4S. The second kappa shape index (κ2) is 6.49. The lowest BCUT2D eigenvalue weighted by molar-refractivity contribution is 0.215. The maximum Gasteiger partial charge on any atom is 0.134 e. The number of hydrogen-bond donors (Lipinski definition) is 0. The average Bonchev–Trinajstić information content (AvgIpc) is 2.89. The Morgan fingerprint density at radius 1 is 1.17 bits per heavy atom. The molecule has 5 heteroatoms. The molecule has 2 aliphatic rings. The van der Waals surface area contributed by atoms with Crippen LogP contribution in [0.5, 0.6) is 0 Å². The van der Waals surface area contributed by atoms with Crippen molar-refractivity contribution >= 4 is 22.2 Å². The fraction of sp³-hybridized carbons (Fsp3) is 0.500. The molecule has 0 spiro atoms. The molecule has 0 N–H and O–H groups in total. The van der Waals surface area contributed by atoms with Crippen LogP contribution in [0.1, 0.15) is 10.4 Å². The summed E-state index contributed by atoms with van der Waals surface area (Å²) in [6, 6.07) is 2.46. The molecule has 1 fully saturated rings. The molecule has 0 radical (unpaired) electrons. The minimum Gasteiger partial charge on any atom is -0.357 e. The van der Waals surface area contributed by atoms with Gasteiger partial charge in [-0.25, -0.2) is 0 Å². The van der Waals surface area contributed by atoms with Gasteiger partial charge in [-0.3, -0.25) is 4.99 Å². The number of amidine groups is 1. The number of rotatable bonds is 2. The van der Waals surface area contributed by atoms with Crippen molar-refractivity contribution in [2.75, 3.05) is 45.2 Å². The summed E-state index contributed by atoms with van der Waals surface area (Å²) in [7, 11) is 4.32. The van der Waals surface area contributed by atoms with Crippen molar-refractivity contribution < 1.29 is 0 Å². The van der Waals surface area contributed by atoms with Crippen molar-refractivity contribution in [3.8, 4) is 0 Å². The van der Waals surface area contributed by atoms with Crippen molar-refractivity contribution in [1.29, 1.82) is 0 Å². The van der Waals surface area contributed by atoms with Gasteiger partial charge in [0.1, 0.15) is 10.8 Å². The van der Waals surface area contributed by atoms with Gasteiger partial charge in [0.2, 0.25) is 0 Å². The number of hydrogen-bond acceptors (Lipinski definition) is 5. The van der Waals surface area contributed by atoms with Crippen LogP contribution < -0.4 is 4.90 Å². The van der Waals surface area contributed by atoms with E-state index in [1.807, 2.05) is 23.5 Å². The van der Waals surface area contributed by atoms with Crippen molar-refractivity contribution in [2.24, 2.45) is 4.99 Å². The Balaban J connectivity index is 2.07. The molecule has 2 unspecified atom stereocenters. The molecule has 0 aromatic carbocycles. The van der Waals surface area contributed by atoms with Crippen LogP contribution in [0.4, 0.5) is 5.00 Å². The van der Waals surface area contributed by atoms with Gasteiger partial charge in [0.15, 0.2) is 0 Å². The number of thiophene rings is 1. The van der Waals surface area contributed by atoms with E-state index in [4.69, 9.17) is 4.99 Å². The van der Waals surface area contributed by atoms with E-state index in [0.717, 1.165) is 32.0 Å². The molecule has 4 nitrogen and oxygen atoms in total. The lowest BCUT2D eigenvalue weighted by atomic mass is 10.1. The number of anilines is 1. The largest absolute Gasteiger partial charge is 0.357 e. The van der Waals surface area contributed by atoms with Gasteiger partial charge in [-0.05, 0) is 20.0 Å². The van der Waals surface area contributed by atoms with E-state index in [2.05, 4.69) is 54.9 Å². The smallest absolute Gasteiger partial charge is 0.134 e. The highest BCUT2D eigenvalue weighted by Crippen LogP contribution is 2.36. The normalized spacial score (nSPS) is 25.6. The van der Waals surface area contributed by atoms with Crippen molar-refractivity contribution in [3.05, 3.63) is 41.8 Å². The first-order chi connectivity index (χ1) is 11.0. The number of nitrogens with zero attached hydrogens (tertiary/aromatic N) is 4. The quantitative estimate of drug-likeness (QED) is 0.778. The van der Waals surface area contributed by atoms with E-state index in [0.29, 0.717) is 0 Å². The van der Waals surface area contributed by atoms with Gasteiger partial charge >= 0.3 is 0 Å². The van der Waals surface area contributed by atoms with Gasteiger partial charge in [0.05, 0.1) is 17.6 Å². The molecule has 0 amide bonds. The zero-order valence-electron chi connectivity index (χ0n) is 14.3. The summed E-state index contributed by atoms with van der Waals surface area (Å²) in [5.41, 5.74) is 1.26. The lowest BCUT2D eigenvalue weighted by Crippen LogP contribution is -2.47. The standard InChI is InChI=1S/C18H26N4S/c1-6-15-16(7-2)21(5)18-14(12-13(3)23-18)17(19-15)22-10-8-20(4)9-11-22/h6-7,12,15-16H,1-2,8-11H2,3-5H3. The van der Waals surface area contributed by atoms with Crippen molar-refractivity contribution in [1.82, 2.24) is 9.80 Å². The Kier molecular flexibility index (Phi) is 4.60. The van der Waals surface area contributed by atoms with Gasteiger partial charge in [-0.2, -0.15) is 0 Å². The summed E-state index contributed by atoms with van der Waals surface area (Å²) in [5.74, 6) is 1.12. The molecule has 1 aromatic heterocycles. The van der Waals surface area contributed by atoms with E-state index in [9.17, 15) is 0 Å². The van der Waals surface area contributed by atoms with Gasteiger partial charge in [0.25, 0.3) is 0 Å². The van der Waals surface area contributed by atoms with Crippen LogP contribution in [-0.2, 0) is 0 Å². The van der Waals surface area contributed by atoms with E-state index < -0.39 is 0 Å². The molecule has 2 atom stereocenters. The van der Waals surface area contributed by atoms with Gasteiger partial charge in [-0.15, -0.1) is 24.5 Å². The minimum atomic E-state index is 0.0343. The minimum absolute atomic E-state index is 0.0343. The van der Waals surface area contributed by atoms with Crippen LogP contribution in [0.15, 0.2) is 36.4 Å². The van der Waals surface area contributed by atoms with E-state index in [1.54, 1.807) is 0 Å². The Morgan fingerprint density at radius 3 is 2.48 bits per heavy atom. The van der Waals surface area contributed by atoms with E-state index in [1.165, 1.54) is 15.4 Å². The molecule has 1 aromatic rings. The highest BCUT2D eigenvalue weighted by atomic mass is 32.1. The van der Waals surface area contributed by atoms with Crippen LogP contribution in [0.2, 0.25) is 0 Å². The van der Waals surface area contributed by atoms with Crippen LogP contribution in [-0.4, -0.2) is 68.0 Å². The van der Waals surface area contributed by atoms with Crippen LogP contribution >= 0.6 is 11.3 Å². The number of aryl methyl sites for hydroxylation is 1. The third kappa shape index (κ3) is 2.95. The Hall–Kier alpha value is -1.59. The molecule has 3 rings (SSSR count). The maximum atomic E-state index is 5.10. The maximum absolute atomic E-state index is 5.10. The Bertz CT molecular complexity index is 625. The highest BCUT2D eigenvalue weighted by molar-refractivity contribution is 7.16. The molecular weight excluding hydrogens is 304 g/mol. The van der Waals surface area contributed by atoms with Crippen LogP contribution in [0.25, 0.3) is 0 Å². The third-order valence-corrected chi connectivity index (χ3v) is 5.89. The SMILES string of the molecule is C=CC1N=C(N2CCN(C)CC2)c2cc(C)sc2N(C)C1C=C. The second-order valence-corrected chi connectivity index (χ2v) is 7.62. The summed E-state index contributed by atoms with van der Waals surface area (Å²) in [5, 5.41) is 1.29. The number of piperazine rings is 1. The molecule has 0 aliphatic carbocycles. The Morgan fingerprint density at radius 2 is 1.87 bits per heavy atom. The van der Waals surface area contributed by atoms with Gasteiger partial charge < -0.3 is 14.7 Å². The molecule has 2 aliphatic heterocycles. The van der Waals surface area contributed by atoms with Crippen molar-refractivity contribution in [3.63, 3.8) is 0 Å².